The second-order valence-electron chi connectivity index (χ2n) is 6.67. The Morgan fingerprint density at radius 3 is 2.71 bits per heavy atom. The van der Waals surface area contributed by atoms with Crippen LogP contribution in [0.4, 0.5) is 5.82 Å². The molecular formula is C15H26N4O4S. The zero-order chi connectivity index (χ0) is 17.6. The number of nitrogens with zero attached hydrogens (tertiary/aromatic N) is 3. The highest BCUT2D eigenvalue weighted by Crippen LogP contribution is 2.26. The molecule has 0 amide bonds. The first kappa shape index (κ1) is 18.9. The smallest absolute Gasteiger partial charge is 0.303 e. The number of nitrogens with one attached hydrogen (secondary N) is 1. The lowest BCUT2D eigenvalue weighted by Gasteiger charge is -2.27. The standard InChI is InChI=1S/C15H26N4O4S/c1-11(20)23-12(9-16-15(2,3)4)10-22-14-13(17-24-18-14)19-5-7-21-8-6-19/h12,16H,5-10H2,1-4H3. The number of ether oxygens (including phenoxy) is 3. The maximum Gasteiger partial charge on any atom is 0.303 e. The summed E-state index contributed by atoms with van der Waals surface area (Å²) in [5.74, 6) is 0.882. The van der Waals surface area contributed by atoms with Gasteiger partial charge in [0.2, 0.25) is 5.82 Å². The monoisotopic (exact) mass is 358 g/mol. The van der Waals surface area contributed by atoms with Gasteiger partial charge in [-0.15, -0.1) is 4.37 Å². The fourth-order valence-electron chi connectivity index (χ4n) is 2.20. The SMILES string of the molecule is CC(=O)OC(CNC(C)(C)C)COc1nsnc1N1CCOCC1. The largest absolute Gasteiger partial charge is 0.470 e. The van der Waals surface area contributed by atoms with Crippen molar-refractivity contribution >= 4 is 23.5 Å². The number of morpholine rings is 1. The summed E-state index contributed by atoms with van der Waals surface area (Å²) in [4.78, 5) is 13.4. The Balaban J connectivity index is 1.93. The Bertz CT molecular complexity index is 526. The molecule has 0 saturated carbocycles. The zero-order valence-corrected chi connectivity index (χ0v) is 15.5. The molecule has 0 spiro atoms. The first-order valence-corrected chi connectivity index (χ1v) is 8.78. The highest BCUT2D eigenvalue weighted by molar-refractivity contribution is 6.99. The van der Waals surface area contributed by atoms with Gasteiger partial charge in [-0.25, -0.2) is 0 Å². The van der Waals surface area contributed by atoms with E-state index in [0.29, 0.717) is 25.6 Å². The van der Waals surface area contributed by atoms with Crippen molar-refractivity contribution in [2.45, 2.75) is 39.3 Å². The number of esters is 1. The van der Waals surface area contributed by atoms with E-state index in [1.165, 1.54) is 6.92 Å². The van der Waals surface area contributed by atoms with Crippen molar-refractivity contribution in [2.24, 2.45) is 0 Å². The Morgan fingerprint density at radius 1 is 1.38 bits per heavy atom. The molecule has 1 fully saturated rings. The van der Waals surface area contributed by atoms with Crippen LogP contribution < -0.4 is 15.0 Å². The van der Waals surface area contributed by atoms with Crippen LogP contribution >= 0.6 is 11.7 Å². The predicted molar refractivity (Wildman–Crippen MR) is 91.7 cm³/mol. The Kier molecular flexibility index (Phi) is 6.76. The fourth-order valence-corrected chi connectivity index (χ4v) is 2.72. The summed E-state index contributed by atoms with van der Waals surface area (Å²) in [5.41, 5.74) is -0.0699. The molecule has 2 heterocycles. The summed E-state index contributed by atoms with van der Waals surface area (Å²) < 4.78 is 25.0. The summed E-state index contributed by atoms with van der Waals surface area (Å²) in [6.07, 6.45) is -0.388. The zero-order valence-electron chi connectivity index (χ0n) is 14.7. The van der Waals surface area contributed by atoms with Gasteiger partial charge >= 0.3 is 5.97 Å². The normalized spacial score (nSPS) is 16.8. The number of anilines is 1. The molecule has 1 aliphatic heterocycles. The molecule has 1 unspecified atom stereocenters. The minimum absolute atomic E-state index is 0.0699. The van der Waals surface area contributed by atoms with Crippen molar-refractivity contribution in [3.8, 4) is 5.88 Å². The summed E-state index contributed by atoms with van der Waals surface area (Å²) in [6, 6.07) is 0. The third-order valence-corrected chi connectivity index (χ3v) is 3.85. The van der Waals surface area contributed by atoms with Gasteiger partial charge in [0.1, 0.15) is 12.7 Å². The third-order valence-electron chi connectivity index (χ3n) is 3.35. The Hall–Kier alpha value is -1.45. The van der Waals surface area contributed by atoms with Crippen molar-refractivity contribution in [3.63, 3.8) is 0 Å². The van der Waals surface area contributed by atoms with Crippen LogP contribution in [0.1, 0.15) is 27.7 Å². The van der Waals surface area contributed by atoms with E-state index < -0.39 is 0 Å². The maximum atomic E-state index is 11.3. The van der Waals surface area contributed by atoms with E-state index in [2.05, 4.69) is 39.7 Å². The highest BCUT2D eigenvalue weighted by atomic mass is 32.1. The summed E-state index contributed by atoms with van der Waals surface area (Å²) in [7, 11) is 0. The van der Waals surface area contributed by atoms with Crippen LogP contribution in [-0.4, -0.2) is 65.8 Å². The lowest BCUT2D eigenvalue weighted by atomic mass is 10.1. The van der Waals surface area contributed by atoms with Crippen LogP contribution in [-0.2, 0) is 14.3 Å². The van der Waals surface area contributed by atoms with Crippen molar-refractivity contribution in [3.05, 3.63) is 0 Å². The third kappa shape index (κ3) is 6.21. The van der Waals surface area contributed by atoms with Gasteiger partial charge in [-0.1, -0.05) is 0 Å². The molecule has 24 heavy (non-hydrogen) atoms. The molecule has 1 saturated heterocycles. The van der Waals surface area contributed by atoms with Gasteiger partial charge in [-0.05, 0) is 20.8 Å². The number of rotatable bonds is 7. The second-order valence-corrected chi connectivity index (χ2v) is 7.19. The lowest BCUT2D eigenvalue weighted by Crippen LogP contribution is -2.44. The van der Waals surface area contributed by atoms with Crippen LogP contribution in [0.2, 0.25) is 0 Å². The van der Waals surface area contributed by atoms with Gasteiger partial charge in [0.25, 0.3) is 5.88 Å². The number of hydrogen-bond donors (Lipinski definition) is 1. The maximum absolute atomic E-state index is 11.3. The Labute approximate surface area is 146 Å². The molecule has 0 bridgehead atoms. The van der Waals surface area contributed by atoms with Crippen molar-refractivity contribution in [1.29, 1.82) is 0 Å². The van der Waals surface area contributed by atoms with Crippen LogP contribution in [0.15, 0.2) is 0 Å². The number of hydrogen-bond acceptors (Lipinski definition) is 9. The number of carbonyl (C=O) groups is 1. The molecule has 2 rings (SSSR count). The molecule has 136 valence electrons. The number of carbonyl (C=O) groups excluding carboxylic acids is 1. The van der Waals surface area contributed by atoms with Crippen molar-refractivity contribution in [1.82, 2.24) is 14.1 Å². The fraction of sp³-hybridized carbons (Fsp3) is 0.800. The predicted octanol–water partition coefficient (Wildman–Crippen LogP) is 1.07. The van der Waals surface area contributed by atoms with Crippen LogP contribution in [0.25, 0.3) is 0 Å². The molecule has 0 aliphatic carbocycles. The van der Waals surface area contributed by atoms with Gasteiger partial charge in [-0.2, -0.15) is 4.37 Å². The molecule has 1 N–H and O–H groups in total. The van der Waals surface area contributed by atoms with Gasteiger partial charge in [0.05, 0.1) is 24.9 Å². The van der Waals surface area contributed by atoms with Crippen molar-refractivity contribution in [2.75, 3.05) is 44.4 Å². The molecular weight excluding hydrogens is 332 g/mol. The Morgan fingerprint density at radius 2 is 2.08 bits per heavy atom. The molecule has 1 aromatic rings. The number of aromatic nitrogens is 2. The van der Waals surface area contributed by atoms with E-state index >= 15 is 0 Å². The molecule has 1 aromatic heterocycles. The van der Waals surface area contributed by atoms with Gasteiger partial charge in [0, 0.05) is 32.1 Å². The van der Waals surface area contributed by atoms with E-state index in [4.69, 9.17) is 14.2 Å². The minimum Gasteiger partial charge on any atom is -0.470 e. The highest BCUT2D eigenvalue weighted by Gasteiger charge is 2.22. The van der Waals surface area contributed by atoms with Crippen LogP contribution in [0, 0.1) is 0 Å². The second kappa shape index (κ2) is 8.59. The minimum atomic E-state index is -0.388. The average Bonchev–Trinajstić information content (AvgIpc) is 2.98. The van der Waals surface area contributed by atoms with E-state index in [0.717, 1.165) is 30.6 Å². The average molecular weight is 358 g/mol. The molecule has 0 radical (unpaired) electrons. The quantitative estimate of drug-likeness (QED) is 0.725. The lowest BCUT2D eigenvalue weighted by molar-refractivity contribution is -0.147. The summed E-state index contributed by atoms with van der Waals surface area (Å²) in [5, 5.41) is 3.32. The first-order chi connectivity index (χ1) is 11.3. The van der Waals surface area contributed by atoms with Gasteiger partial charge in [-0.3, -0.25) is 4.79 Å². The van der Waals surface area contributed by atoms with E-state index in [1.54, 1.807) is 0 Å². The van der Waals surface area contributed by atoms with Gasteiger partial charge in [0.15, 0.2) is 0 Å². The molecule has 8 nitrogen and oxygen atoms in total. The summed E-state index contributed by atoms with van der Waals surface area (Å²) in [6.45, 7) is 11.2. The summed E-state index contributed by atoms with van der Waals surface area (Å²) >= 11 is 1.11. The molecule has 1 atom stereocenters. The van der Waals surface area contributed by atoms with E-state index in [9.17, 15) is 4.79 Å². The van der Waals surface area contributed by atoms with E-state index in [-0.39, 0.29) is 24.2 Å². The van der Waals surface area contributed by atoms with Gasteiger partial charge < -0.3 is 24.4 Å². The molecule has 9 heteroatoms. The van der Waals surface area contributed by atoms with Crippen LogP contribution in [0.3, 0.4) is 0 Å². The first-order valence-electron chi connectivity index (χ1n) is 8.05. The molecule has 0 aromatic carbocycles. The van der Waals surface area contributed by atoms with Crippen molar-refractivity contribution < 1.29 is 19.0 Å². The van der Waals surface area contributed by atoms with E-state index in [1.807, 2.05) is 0 Å². The van der Waals surface area contributed by atoms with Crippen LogP contribution in [0.5, 0.6) is 5.88 Å². The topological polar surface area (TPSA) is 85.8 Å². The molecule has 1 aliphatic rings.